The van der Waals surface area contributed by atoms with Crippen LogP contribution in [0.1, 0.15) is 55.6 Å². The molecule has 1 atom stereocenters. The number of hydrogen-bond acceptors (Lipinski definition) is 3. The average molecular weight is 340 g/mol. The van der Waals surface area contributed by atoms with Crippen molar-refractivity contribution >= 4 is 11.8 Å². The van der Waals surface area contributed by atoms with Crippen LogP contribution in [0.15, 0.2) is 36.5 Å². The summed E-state index contributed by atoms with van der Waals surface area (Å²) in [5, 5.41) is 10.1. The highest BCUT2D eigenvalue weighted by molar-refractivity contribution is 5.98. The maximum absolute atomic E-state index is 12.7. The van der Waals surface area contributed by atoms with E-state index in [0.717, 1.165) is 24.2 Å². The van der Waals surface area contributed by atoms with Crippen molar-refractivity contribution in [3.05, 3.63) is 47.8 Å². The number of rotatable bonds is 6. The van der Waals surface area contributed by atoms with Crippen LogP contribution in [-0.4, -0.2) is 33.7 Å². The van der Waals surface area contributed by atoms with E-state index in [0.29, 0.717) is 5.56 Å². The van der Waals surface area contributed by atoms with E-state index in [1.54, 1.807) is 17.8 Å². The Labute approximate surface area is 147 Å². The zero-order chi connectivity index (χ0) is 18.0. The van der Waals surface area contributed by atoms with Crippen molar-refractivity contribution in [1.29, 1.82) is 0 Å². The number of para-hydroxylation sites is 1. The second-order valence-electron chi connectivity index (χ2n) is 6.82. The van der Waals surface area contributed by atoms with Crippen LogP contribution >= 0.6 is 0 Å². The minimum atomic E-state index is -0.576. The first-order chi connectivity index (χ1) is 12.0. The van der Waals surface area contributed by atoms with E-state index < -0.39 is 6.04 Å². The van der Waals surface area contributed by atoms with Gasteiger partial charge in [0.15, 0.2) is 0 Å². The van der Waals surface area contributed by atoms with Gasteiger partial charge in [-0.2, -0.15) is 5.10 Å². The van der Waals surface area contributed by atoms with E-state index in [1.807, 2.05) is 44.2 Å². The maximum atomic E-state index is 12.7. The second-order valence-corrected chi connectivity index (χ2v) is 6.82. The molecule has 1 aromatic carbocycles. The van der Waals surface area contributed by atoms with E-state index in [4.69, 9.17) is 0 Å². The highest BCUT2D eigenvalue weighted by atomic mass is 16.2. The molecule has 6 heteroatoms. The summed E-state index contributed by atoms with van der Waals surface area (Å²) in [4.78, 5) is 24.7. The zero-order valence-corrected chi connectivity index (χ0v) is 14.8. The van der Waals surface area contributed by atoms with Gasteiger partial charge < -0.3 is 10.6 Å². The monoisotopic (exact) mass is 340 g/mol. The van der Waals surface area contributed by atoms with Crippen LogP contribution in [0.3, 0.4) is 0 Å². The minimum absolute atomic E-state index is 0.110. The first kappa shape index (κ1) is 17.2. The number of amides is 2. The van der Waals surface area contributed by atoms with Gasteiger partial charge in [-0.05, 0) is 37.8 Å². The molecule has 6 nitrogen and oxygen atoms in total. The van der Waals surface area contributed by atoms with Gasteiger partial charge in [0.05, 0.1) is 23.1 Å². The lowest BCUT2D eigenvalue weighted by Crippen LogP contribution is -2.45. The zero-order valence-electron chi connectivity index (χ0n) is 14.8. The summed E-state index contributed by atoms with van der Waals surface area (Å²) in [5.41, 5.74) is 2.24. The Morgan fingerprint density at radius 1 is 1.16 bits per heavy atom. The molecule has 0 saturated heterocycles. The summed E-state index contributed by atoms with van der Waals surface area (Å²) < 4.78 is 1.79. The third kappa shape index (κ3) is 3.90. The molecule has 0 bridgehead atoms. The van der Waals surface area contributed by atoms with Gasteiger partial charge in [0.25, 0.3) is 5.91 Å². The highest BCUT2D eigenvalue weighted by Gasteiger charge is 2.27. The Morgan fingerprint density at radius 3 is 2.44 bits per heavy atom. The lowest BCUT2D eigenvalue weighted by atomic mass is 10.0. The van der Waals surface area contributed by atoms with Crippen LogP contribution in [0.5, 0.6) is 0 Å². The predicted octanol–water partition coefficient (Wildman–Crippen LogP) is 2.39. The number of carbonyl (C=O) groups excluding carboxylic acids is 2. The van der Waals surface area contributed by atoms with Crippen LogP contribution in [0, 0.1) is 0 Å². The standard InChI is InChI=1S/C19H24N4O2/c1-12(2)17-16(11-20-23(17)15-7-5-4-6-8-15)19(25)21-13(3)18(24)22-14-9-10-14/h4-8,11-14H,9-10H2,1-3H3,(H,21,25)(H,22,24). The van der Waals surface area contributed by atoms with Crippen LogP contribution in [0.4, 0.5) is 0 Å². The van der Waals surface area contributed by atoms with Gasteiger partial charge in [-0.25, -0.2) is 4.68 Å². The molecule has 1 aromatic heterocycles. The van der Waals surface area contributed by atoms with Crippen LogP contribution in [0.25, 0.3) is 5.69 Å². The summed E-state index contributed by atoms with van der Waals surface area (Å²) in [5.74, 6) is -0.305. The maximum Gasteiger partial charge on any atom is 0.255 e. The third-order valence-electron chi connectivity index (χ3n) is 4.26. The molecule has 1 unspecified atom stereocenters. The summed E-state index contributed by atoms with van der Waals surface area (Å²) in [6.45, 7) is 5.75. The molecular formula is C19H24N4O2. The molecule has 2 amide bonds. The second kappa shape index (κ2) is 7.09. The summed E-state index contributed by atoms with van der Waals surface area (Å²) in [7, 11) is 0. The van der Waals surface area contributed by atoms with E-state index in [9.17, 15) is 9.59 Å². The largest absolute Gasteiger partial charge is 0.352 e. The Kier molecular flexibility index (Phi) is 4.88. The van der Waals surface area contributed by atoms with Gasteiger partial charge in [0.2, 0.25) is 5.91 Å². The van der Waals surface area contributed by atoms with E-state index in [-0.39, 0.29) is 23.8 Å². The van der Waals surface area contributed by atoms with Crippen LogP contribution < -0.4 is 10.6 Å². The summed E-state index contributed by atoms with van der Waals surface area (Å²) in [6, 6.07) is 9.41. The number of hydrogen-bond donors (Lipinski definition) is 2. The van der Waals surface area contributed by atoms with Gasteiger partial charge in [-0.15, -0.1) is 0 Å². The number of carbonyl (C=O) groups is 2. The number of aromatic nitrogens is 2. The first-order valence-electron chi connectivity index (χ1n) is 8.72. The molecule has 1 aliphatic carbocycles. The fourth-order valence-electron chi connectivity index (χ4n) is 2.76. The van der Waals surface area contributed by atoms with Gasteiger partial charge in [-0.1, -0.05) is 32.0 Å². The van der Waals surface area contributed by atoms with Crippen molar-refractivity contribution in [1.82, 2.24) is 20.4 Å². The van der Waals surface area contributed by atoms with Crippen molar-refractivity contribution < 1.29 is 9.59 Å². The molecule has 132 valence electrons. The molecule has 0 aliphatic heterocycles. The molecule has 2 N–H and O–H groups in total. The molecule has 0 radical (unpaired) electrons. The first-order valence-corrected chi connectivity index (χ1v) is 8.72. The smallest absolute Gasteiger partial charge is 0.255 e. The quantitative estimate of drug-likeness (QED) is 0.848. The fraction of sp³-hybridized carbons (Fsp3) is 0.421. The van der Waals surface area contributed by atoms with E-state index in [1.165, 1.54) is 0 Å². The summed E-state index contributed by atoms with van der Waals surface area (Å²) in [6.07, 6.45) is 3.62. The van der Waals surface area contributed by atoms with Crippen molar-refractivity contribution in [3.8, 4) is 5.69 Å². The lowest BCUT2D eigenvalue weighted by molar-refractivity contribution is -0.122. The lowest BCUT2D eigenvalue weighted by Gasteiger charge is -2.16. The number of nitrogens with one attached hydrogen (secondary N) is 2. The SMILES string of the molecule is CC(NC(=O)c1cnn(-c2ccccc2)c1C(C)C)C(=O)NC1CC1. The van der Waals surface area contributed by atoms with Crippen molar-refractivity contribution in [3.63, 3.8) is 0 Å². The predicted molar refractivity (Wildman–Crippen MR) is 95.7 cm³/mol. The molecule has 1 fully saturated rings. The van der Waals surface area contributed by atoms with Gasteiger partial charge in [0, 0.05) is 6.04 Å². The Morgan fingerprint density at radius 2 is 1.84 bits per heavy atom. The summed E-state index contributed by atoms with van der Waals surface area (Å²) >= 11 is 0. The van der Waals surface area contributed by atoms with Crippen molar-refractivity contribution in [2.45, 2.75) is 51.6 Å². The van der Waals surface area contributed by atoms with E-state index in [2.05, 4.69) is 15.7 Å². The third-order valence-corrected chi connectivity index (χ3v) is 4.26. The van der Waals surface area contributed by atoms with Crippen LogP contribution in [0.2, 0.25) is 0 Å². The molecule has 1 saturated carbocycles. The molecule has 3 rings (SSSR count). The van der Waals surface area contributed by atoms with Gasteiger partial charge in [-0.3, -0.25) is 9.59 Å². The molecular weight excluding hydrogens is 316 g/mol. The normalized spacial score (nSPS) is 15.0. The fourth-order valence-corrected chi connectivity index (χ4v) is 2.76. The Hall–Kier alpha value is -2.63. The minimum Gasteiger partial charge on any atom is -0.352 e. The topological polar surface area (TPSA) is 76.0 Å². The number of nitrogens with zero attached hydrogens (tertiary/aromatic N) is 2. The van der Waals surface area contributed by atoms with Gasteiger partial charge in [0.1, 0.15) is 6.04 Å². The molecule has 1 aliphatic rings. The number of benzene rings is 1. The van der Waals surface area contributed by atoms with Crippen molar-refractivity contribution in [2.75, 3.05) is 0 Å². The molecule has 2 aromatic rings. The van der Waals surface area contributed by atoms with E-state index >= 15 is 0 Å². The van der Waals surface area contributed by atoms with Crippen molar-refractivity contribution in [2.24, 2.45) is 0 Å². The molecule has 0 spiro atoms. The highest BCUT2D eigenvalue weighted by Crippen LogP contribution is 2.23. The average Bonchev–Trinajstić information content (AvgIpc) is 3.28. The molecule has 25 heavy (non-hydrogen) atoms. The van der Waals surface area contributed by atoms with Crippen LogP contribution in [-0.2, 0) is 4.79 Å². The van der Waals surface area contributed by atoms with Gasteiger partial charge >= 0.3 is 0 Å². The Bertz CT molecular complexity index is 763. The molecule has 1 heterocycles. The Balaban J connectivity index is 1.80.